The zero-order valence-electron chi connectivity index (χ0n) is 14.2. The first-order chi connectivity index (χ1) is 12.3. The Labute approximate surface area is 150 Å². The second-order valence-electron chi connectivity index (χ2n) is 6.29. The average molecular weight is 379 g/mol. The molecular weight excluding hydrogens is 358 g/mol. The van der Waals surface area contributed by atoms with Gasteiger partial charge in [0.2, 0.25) is 15.9 Å². The smallest absolute Gasteiger partial charge is 0.346 e. The van der Waals surface area contributed by atoms with Gasteiger partial charge in [0.1, 0.15) is 12.4 Å². The number of hydrogen-bond donors (Lipinski definition) is 2. The number of nitrogens with one attached hydrogen (secondary N) is 1. The maximum Gasteiger partial charge on any atom is 0.346 e. The van der Waals surface area contributed by atoms with E-state index in [0.29, 0.717) is 12.1 Å². The first-order valence-electron chi connectivity index (χ1n) is 8.39. The molecule has 9 nitrogen and oxygen atoms in total. The SMILES string of the molecule is NS(=O)(=O)c1cccc(CNC(=O)Cn2nc3n(c2=O)CCCCC3)c1. The quantitative estimate of drug-likeness (QED) is 0.739. The molecule has 1 aliphatic heterocycles. The van der Waals surface area contributed by atoms with Gasteiger partial charge in [-0.25, -0.2) is 23.0 Å². The van der Waals surface area contributed by atoms with E-state index in [4.69, 9.17) is 5.14 Å². The topological polar surface area (TPSA) is 129 Å². The van der Waals surface area contributed by atoms with Gasteiger partial charge in [0.15, 0.2) is 0 Å². The normalized spacial score (nSPS) is 14.5. The summed E-state index contributed by atoms with van der Waals surface area (Å²) >= 11 is 0. The van der Waals surface area contributed by atoms with Crippen molar-refractivity contribution in [2.24, 2.45) is 5.14 Å². The molecule has 2 aromatic rings. The predicted molar refractivity (Wildman–Crippen MR) is 93.7 cm³/mol. The number of aryl methyl sites for hydroxylation is 1. The van der Waals surface area contributed by atoms with E-state index >= 15 is 0 Å². The Morgan fingerprint density at radius 2 is 2.08 bits per heavy atom. The zero-order chi connectivity index (χ0) is 18.7. The molecule has 1 aliphatic rings. The molecule has 0 radical (unpaired) electrons. The summed E-state index contributed by atoms with van der Waals surface area (Å²) in [6.07, 6.45) is 3.74. The van der Waals surface area contributed by atoms with Gasteiger partial charge in [0.05, 0.1) is 4.90 Å². The van der Waals surface area contributed by atoms with Crippen molar-refractivity contribution in [3.8, 4) is 0 Å². The molecule has 0 fully saturated rings. The number of primary sulfonamides is 1. The van der Waals surface area contributed by atoms with Crippen molar-refractivity contribution in [1.82, 2.24) is 19.7 Å². The molecule has 0 atom stereocenters. The van der Waals surface area contributed by atoms with Crippen LogP contribution >= 0.6 is 0 Å². The summed E-state index contributed by atoms with van der Waals surface area (Å²) < 4.78 is 25.5. The van der Waals surface area contributed by atoms with E-state index in [1.807, 2.05) is 0 Å². The van der Waals surface area contributed by atoms with E-state index in [1.54, 1.807) is 16.7 Å². The van der Waals surface area contributed by atoms with Crippen molar-refractivity contribution in [3.05, 3.63) is 46.1 Å². The summed E-state index contributed by atoms with van der Waals surface area (Å²) in [5.41, 5.74) is 0.325. The summed E-state index contributed by atoms with van der Waals surface area (Å²) in [5.74, 6) is 0.350. The predicted octanol–water partition coefficient (Wildman–Crippen LogP) is -0.265. The monoisotopic (exact) mass is 379 g/mol. The van der Waals surface area contributed by atoms with Gasteiger partial charge in [-0.1, -0.05) is 18.6 Å². The van der Waals surface area contributed by atoms with Crippen LogP contribution in [0.15, 0.2) is 34.0 Å². The van der Waals surface area contributed by atoms with E-state index in [1.165, 1.54) is 16.8 Å². The Kier molecular flexibility index (Phi) is 5.23. The molecule has 3 rings (SSSR count). The second-order valence-corrected chi connectivity index (χ2v) is 7.85. The minimum absolute atomic E-state index is 0.0155. The van der Waals surface area contributed by atoms with E-state index in [9.17, 15) is 18.0 Å². The van der Waals surface area contributed by atoms with E-state index in [2.05, 4.69) is 10.4 Å². The molecule has 1 amide bonds. The van der Waals surface area contributed by atoms with Crippen molar-refractivity contribution in [2.75, 3.05) is 0 Å². The minimum atomic E-state index is -3.79. The lowest BCUT2D eigenvalue weighted by Crippen LogP contribution is -2.33. The highest BCUT2D eigenvalue weighted by Crippen LogP contribution is 2.11. The molecule has 26 heavy (non-hydrogen) atoms. The number of nitrogens with two attached hydrogens (primary N) is 1. The van der Waals surface area contributed by atoms with Crippen molar-refractivity contribution >= 4 is 15.9 Å². The number of hydrogen-bond acceptors (Lipinski definition) is 5. The van der Waals surface area contributed by atoms with Gasteiger partial charge in [-0.2, -0.15) is 5.10 Å². The fourth-order valence-corrected chi connectivity index (χ4v) is 3.54. The lowest BCUT2D eigenvalue weighted by Gasteiger charge is -2.06. The summed E-state index contributed by atoms with van der Waals surface area (Å²) in [7, 11) is -3.79. The first kappa shape index (κ1) is 18.3. The first-order valence-corrected chi connectivity index (χ1v) is 9.94. The molecule has 0 unspecified atom stereocenters. The van der Waals surface area contributed by atoms with Gasteiger partial charge in [-0.3, -0.25) is 9.36 Å². The standard InChI is InChI=1S/C16H21N5O4S/c17-26(24,25)13-6-4-5-12(9-13)10-18-15(22)11-21-16(23)20-8-3-1-2-7-14(20)19-21/h4-6,9H,1-3,7-8,10-11H2,(H,18,22)(H2,17,24,25). The van der Waals surface area contributed by atoms with Gasteiger partial charge < -0.3 is 5.32 Å². The number of amides is 1. The Morgan fingerprint density at radius 1 is 1.27 bits per heavy atom. The fraction of sp³-hybridized carbons (Fsp3) is 0.438. The third kappa shape index (κ3) is 4.20. The number of fused-ring (bicyclic) bond motifs is 1. The van der Waals surface area contributed by atoms with Crippen LogP contribution in [0.3, 0.4) is 0 Å². The van der Waals surface area contributed by atoms with Gasteiger partial charge in [0.25, 0.3) is 0 Å². The van der Waals surface area contributed by atoms with Crippen LogP contribution in [0.5, 0.6) is 0 Å². The van der Waals surface area contributed by atoms with Crippen LogP contribution in [0, 0.1) is 0 Å². The molecular formula is C16H21N5O4S. The lowest BCUT2D eigenvalue weighted by atomic mass is 10.2. The Morgan fingerprint density at radius 3 is 2.85 bits per heavy atom. The maximum absolute atomic E-state index is 12.3. The highest BCUT2D eigenvalue weighted by atomic mass is 32.2. The molecule has 3 N–H and O–H groups in total. The third-order valence-electron chi connectivity index (χ3n) is 4.29. The van der Waals surface area contributed by atoms with Crippen molar-refractivity contribution in [1.29, 1.82) is 0 Å². The number of benzene rings is 1. The summed E-state index contributed by atoms with van der Waals surface area (Å²) in [6.45, 7) is 0.592. The molecule has 0 bridgehead atoms. The van der Waals surface area contributed by atoms with Crippen LogP contribution in [-0.4, -0.2) is 28.7 Å². The Bertz CT molecular complexity index is 977. The van der Waals surface area contributed by atoms with E-state index in [0.717, 1.165) is 31.5 Å². The molecule has 0 spiro atoms. The maximum atomic E-state index is 12.3. The second kappa shape index (κ2) is 7.42. The summed E-state index contributed by atoms with van der Waals surface area (Å²) in [6, 6.07) is 6.02. The molecule has 0 saturated carbocycles. The van der Waals surface area contributed by atoms with Crippen molar-refractivity contribution in [2.45, 2.75) is 50.2 Å². The Hall–Kier alpha value is -2.46. The van der Waals surface area contributed by atoms with E-state index < -0.39 is 10.0 Å². The Balaban J connectivity index is 1.64. The minimum Gasteiger partial charge on any atom is -0.350 e. The third-order valence-corrected chi connectivity index (χ3v) is 5.20. The summed E-state index contributed by atoms with van der Waals surface area (Å²) in [4.78, 5) is 24.5. The molecule has 10 heteroatoms. The molecule has 1 aromatic heterocycles. The van der Waals surface area contributed by atoms with Gasteiger partial charge >= 0.3 is 5.69 Å². The molecule has 140 valence electrons. The highest BCUT2D eigenvalue weighted by molar-refractivity contribution is 7.89. The number of carbonyl (C=O) groups is 1. The van der Waals surface area contributed by atoms with Gasteiger partial charge in [-0.05, 0) is 30.5 Å². The largest absolute Gasteiger partial charge is 0.350 e. The number of nitrogens with zero attached hydrogens (tertiary/aromatic N) is 3. The number of carbonyl (C=O) groups excluding carboxylic acids is 1. The zero-order valence-corrected chi connectivity index (χ0v) is 15.0. The lowest BCUT2D eigenvalue weighted by molar-refractivity contribution is -0.122. The van der Waals surface area contributed by atoms with Gasteiger partial charge in [0, 0.05) is 19.5 Å². The van der Waals surface area contributed by atoms with Crippen LogP contribution < -0.4 is 16.1 Å². The van der Waals surface area contributed by atoms with Crippen molar-refractivity contribution in [3.63, 3.8) is 0 Å². The van der Waals surface area contributed by atoms with Crippen LogP contribution in [0.2, 0.25) is 0 Å². The van der Waals surface area contributed by atoms with Crippen LogP contribution in [0.1, 0.15) is 30.7 Å². The van der Waals surface area contributed by atoms with Gasteiger partial charge in [-0.15, -0.1) is 0 Å². The van der Waals surface area contributed by atoms with Crippen LogP contribution in [0.25, 0.3) is 0 Å². The average Bonchev–Trinajstić information content (AvgIpc) is 2.77. The number of rotatable bonds is 5. The number of sulfonamides is 1. The van der Waals surface area contributed by atoms with Crippen LogP contribution in [-0.2, 0) is 40.9 Å². The molecule has 2 heterocycles. The number of aromatic nitrogens is 3. The molecule has 1 aromatic carbocycles. The molecule has 0 saturated heterocycles. The summed E-state index contributed by atoms with van der Waals surface area (Å²) in [5, 5.41) is 12.0. The van der Waals surface area contributed by atoms with Crippen molar-refractivity contribution < 1.29 is 13.2 Å². The fourth-order valence-electron chi connectivity index (χ4n) is 2.95. The highest BCUT2D eigenvalue weighted by Gasteiger charge is 2.17. The van der Waals surface area contributed by atoms with Crippen LogP contribution in [0.4, 0.5) is 0 Å². The van der Waals surface area contributed by atoms with E-state index in [-0.39, 0.29) is 29.6 Å². The molecule has 0 aliphatic carbocycles.